The van der Waals surface area contributed by atoms with Crippen LogP contribution < -0.4 is 14.8 Å². The minimum Gasteiger partial charge on any atom is -0.493 e. The fourth-order valence-electron chi connectivity index (χ4n) is 3.19. The molecule has 0 unspecified atom stereocenters. The Bertz CT molecular complexity index is 671. The summed E-state index contributed by atoms with van der Waals surface area (Å²) in [6.45, 7) is 4.28. The van der Waals surface area contributed by atoms with Crippen molar-refractivity contribution in [3.05, 3.63) is 29.8 Å². The molecular weight excluding hydrogens is 346 g/mol. The molecule has 2 rings (SSSR count). The predicted molar refractivity (Wildman–Crippen MR) is 104 cm³/mol. The summed E-state index contributed by atoms with van der Waals surface area (Å²) < 4.78 is 15.8. The second kappa shape index (κ2) is 10.6. The summed E-state index contributed by atoms with van der Waals surface area (Å²) in [5.74, 6) is 0.892. The normalized spacial score (nSPS) is 19.5. The lowest BCUT2D eigenvalue weighted by atomic mass is 9.86. The van der Waals surface area contributed by atoms with E-state index in [1.165, 1.54) is 12.5 Å². The van der Waals surface area contributed by atoms with Crippen LogP contribution in [0.5, 0.6) is 11.5 Å². The lowest BCUT2D eigenvalue weighted by Crippen LogP contribution is -2.42. The average molecular weight is 375 g/mol. The maximum atomic E-state index is 12.0. The van der Waals surface area contributed by atoms with Crippen LogP contribution in [0.25, 0.3) is 6.08 Å². The fraction of sp³-hybridized carbons (Fsp3) is 0.524. The van der Waals surface area contributed by atoms with E-state index in [0.717, 1.165) is 24.8 Å². The molecule has 0 spiro atoms. The van der Waals surface area contributed by atoms with Gasteiger partial charge >= 0.3 is 5.97 Å². The zero-order chi connectivity index (χ0) is 19.6. The number of rotatable bonds is 8. The van der Waals surface area contributed by atoms with Crippen molar-refractivity contribution < 1.29 is 23.8 Å². The third kappa shape index (κ3) is 6.62. The van der Waals surface area contributed by atoms with Crippen molar-refractivity contribution in [2.45, 2.75) is 45.6 Å². The van der Waals surface area contributed by atoms with Crippen molar-refractivity contribution in [2.75, 3.05) is 20.3 Å². The van der Waals surface area contributed by atoms with E-state index in [9.17, 15) is 9.59 Å². The topological polar surface area (TPSA) is 73.9 Å². The van der Waals surface area contributed by atoms with Gasteiger partial charge in [0.05, 0.1) is 13.7 Å². The molecule has 6 nitrogen and oxygen atoms in total. The molecule has 0 heterocycles. The third-order valence-electron chi connectivity index (χ3n) is 4.70. The minimum absolute atomic E-state index is 0.178. The Morgan fingerprint density at radius 1 is 1.22 bits per heavy atom. The number of esters is 1. The van der Waals surface area contributed by atoms with Gasteiger partial charge in [0.2, 0.25) is 0 Å². The van der Waals surface area contributed by atoms with Crippen LogP contribution in [0.4, 0.5) is 0 Å². The molecule has 1 aromatic rings. The Morgan fingerprint density at radius 3 is 2.70 bits per heavy atom. The highest BCUT2D eigenvalue weighted by atomic mass is 16.5. The molecule has 0 radical (unpaired) electrons. The average Bonchev–Trinajstić information content (AvgIpc) is 2.67. The van der Waals surface area contributed by atoms with Crippen LogP contribution in [0.3, 0.4) is 0 Å². The zero-order valence-corrected chi connectivity index (χ0v) is 16.3. The van der Waals surface area contributed by atoms with Crippen molar-refractivity contribution in [1.82, 2.24) is 5.32 Å². The predicted octanol–water partition coefficient (Wildman–Crippen LogP) is 3.35. The third-order valence-corrected chi connectivity index (χ3v) is 4.70. The van der Waals surface area contributed by atoms with Gasteiger partial charge in [-0.3, -0.25) is 4.79 Å². The number of hydrogen-bond donors (Lipinski definition) is 1. The molecule has 6 heteroatoms. The number of benzene rings is 1. The van der Waals surface area contributed by atoms with Gasteiger partial charge in [0.25, 0.3) is 5.91 Å². The Labute approximate surface area is 160 Å². The van der Waals surface area contributed by atoms with Crippen LogP contribution in [0, 0.1) is 5.92 Å². The van der Waals surface area contributed by atoms with E-state index in [2.05, 4.69) is 12.2 Å². The second-order valence-electron chi connectivity index (χ2n) is 6.72. The van der Waals surface area contributed by atoms with Gasteiger partial charge in [-0.2, -0.15) is 0 Å². The van der Waals surface area contributed by atoms with Crippen LogP contribution >= 0.6 is 0 Å². The Balaban J connectivity index is 1.82. The maximum absolute atomic E-state index is 12.0. The van der Waals surface area contributed by atoms with Gasteiger partial charge in [-0.05, 0) is 49.5 Å². The number of carbonyl (C=O) groups is 2. The Kier molecular flexibility index (Phi) is 8.17. The van der Waals surface area contributed by atoms with E-state index in [4.69, 9.17) is 14.2 Å². The molecule has 1 fully saturated rings. The summed E-state index contributed by atoms with van der Waals surface area (Å²) in [5.41, 5.74) is 0.775. The molecule has 148 valence electrons. The number of methoxy groups -OCH3 is 1. The maximum Gasteiger partial charge on any atom is 0.331 e. The first-order valence-electron chi connectivity index (χ1n) is 9.48. The molecule has 0 saturated heterocycles. The molecule has 1 N–H and O–H groups in total. The van der Waals surface area contributed by atoms with Crippen molar-refractivity contribution >= 4 is 18.0 Å². The van der Waals surface area contributed by atoms with E-state index in [0.29, 0.717) is 24.0 Å². The van der Waals surface area contributed by atoms with Gasteiger partial charge in [-0.1, -0.05) is 25.8 Å². The van der Waals surface area contributed by atoms with Gasteiger partial charge in [0, 0.05) is 12.1 Å². The second-order valence-corrected chi connectivity index (χ2v) is 6.72. The molecule has 1 aliphatic rings. The summed E-state index contributed by atoms with van der Waals surface area (Å²) in [4.78, 5) is 23.8. The lowest BCUT2D eigenvalue weighted by molar-refractivity contribution is -0.144. The van der Waals surface area contributed by atoms with Crippen molar-refractivity contribution in [1.29, 1.82) is 0 Å². The lowest BCUT2D eigenvalue weighted by Gasteiger charge is -2.29. The molecule has 0 bridgehead atoms. The monoisotopic (exact) mass is 375 g/mol. The summed E-state index contributed by atoms with van der Waals surface area (Å²) in [6, 6.07) is 5.54. The Morgan fingerprint density at radius 2 is 2.00 bits per heavy atom. The first kappa shape index (κ1) is 20.8. The van der Waals surface area contributed by atoms with Crippen LogP contribution in [0.2, 0.25) is 0 Å². The summed E-state index contributed by atoms with van der Waals surface area (Å²) in [7, 11) is 1.57. The molecular formula is C21H29NO5. The van der Waals surface area contributed by atoms with Gasteiger partial charge in [-0.15, -0.1) is 0 Å². The van der Waals surface area contributed by atoms with E-state index in [-0.39, 0.29) is 18.6 Å². The quantitative estimate of drug-likeness (QED) is 0.557. The van der Waals surface area contributed by atoms with Gasteiger partial charge in [0.15, 0.2) is 18.1 Å². The summed E-state index contributed by atoms with van der Waals surface area (Å²) in [6.07, 6.45) is 7.37. The highest BCUT2D eigenvalue weighted by Crippen LogP contribution is 2.28. The molecule has 1 saturated carbocycles. The number of carbonyl (C=O) groups excluding carboxylic acids is 2. The molecule has 1 aromatic carbocycles. The van der Waals surface area contributed by atoms with Crippen LogP contribution in [0.1, 0.15) is 45.1 Å². The highest BCUT2D eigenvalue weighted by molar-refractivity contribution is 5.89. The molecule has 0 aromatic heterocycles. The van der Waals surface area contributed by atoms with Crippen LogP contribution in [-0.2, 0) is 14.3 Å². The van der Waals surface area contributed by atoms with E-state index < -0.39 is 5.97 Å². The SMILES string of the molecule is CCOc1cc(/C=C/C(=O)OCC(=O)N[C@H]2CCCC[C@H]2C)ccc1OC. The number of nitrogens with one attached hydrogen (secondary N) is 1. The molecule has 0 aliphatic heterocycles. The number of hydrogen-bond acceptors (Lipinski definition) is 5. The van der Waals surface area contributed by atoms with Crippen molar-refractivity contribution in [2.24, 2.45) is 5.92 Å². The number of ether oxygens (including phenoxy) is 3. The highest BCUT2D eigenvalue weighted by Gasteiger charge is 2.22. The standard InChI is InChI=1S/C21H29NO5/c1-4-26-19-13-16(9-11-18(19)25-3)10-12-21(24)27-14-20(23)22-17-8-6-5-7-15(17)2/h9-13,15,17H,4-8,14H2,1-3H3,(H,22,23)/b12-10+/t15-,17+/m1/s1. The zero-order valence-electron chi connectivity index (χ0n) is 16.3. The Hall–Kier alpha value is -2.50. The summed E-state index contributed by atoms with van der Waals surface area (Å²) in [5, 5.41) is 2.96. The van der Waals surface area contributed by atoms with Gasteiger partial charge < -0.3 is 19.5 Å². The first-order valence-corrected chi connectivity index (χ1v) is 9.48. The number of amides is 1. The molecule has 2 atom stereocenters. The van der Waals surface area contributed by atoms with Gasteiger partial charge in [0.1, 0.15) is 0 Å². The van der Waals surface area contributed by atoms with Crippen molar-refractivity contribution in [3.63, 3.8) is 0 Å². The van der Waals surface area contributed by atoms with E-state index in [1.807, 2.05) is 13.0 Å². The van der Waals surface area contributed by atoms with E-state index >= 15 is 0 Å². The van der Waals surface area contributed by atoms with Gasteiger partial charge in [-0.25, -0.2) is 4.79 Å². The molecule has 1 aliphatic carbocycles. The van der Waals surface area contributed by atoms with Crippen LogP contribution in [-0.4, -0.2) is 38.2 Å². The first-order chi connectivity index (χ1) is 13.0. The van der Waals surface area contributed by atoms with Crippen molar-refractivity contribution in [3.8, 4) is 11.5 Å². The summed E-state index contributed by atoms with van der Waals surface area (Å²) >= 11 is 0. The molecule has 27 heavy (non-hydrogen) atoms. The fourth-order valence-corrected chi connectivity index (χ4v) is 3.19. The van der Waals surface area contributed by atoms with Crippen LogP contribution in [0.15, 0.2) is 24.3 Å². The minimum atomic E-state index is -0.560. The molecule has 1 amide bonds. The van der Waals surface area contributed by atoms with E-state index in [1.54, 1.807) is 25.3 Å². The largest absolute Gasteiger partial charge is 0.493 e. The smallest absolute Gasteiger partial charge is 0.331 e.